The average molecular weight is 968 g/mol. The number of hydrogen-bond donors (Lipinski definition) is 4. The zero-order chi connectivity index (χ0) is 44.9. The molecule has 1 atom stereocenters. The molecule has 6 amide bonds. The molecule has 63 heavy (non-hydrogen) atoms. The van der Waals surface area contributed by atoms with E-state index in [1.807, 2.05) is 13.8 Å². The molecule has 2 aromatic heterocycles. The number of benzene rings is 2. The van der Waals surface area contributed by atoms with E-state index in [0.717, 1.165) is 29.9 Å². The van der Waals surface area contributed by atoms with Crippen molar-refractivity contribution in [1.82, 2.24) is 30.4 Å². The number of hydrogen-bond acceptors (Lipinski definition) is 12. The quantitative estimate of drug-likeness (QED) is 0.0636. The van der Waals surface area contributed by atoms with E-state index in [-0.39, 0.29) is 60.5 Å². The van der Waals surface area contributed by atoms with E-state index < -0.39 is 5.91 Å². The summed E-state index contributed by atoms with van der Waals surface area (Å²) in [5, 5.41) is 13.1. The summed E-state index contributed by atoms with van der Waals surface area (Å²) in [4.78, 5) is 90.7. The molecule has 0 spiro atoms. The molecule has 20 heteroatoms. The number of thiazole rings is 2. The van der Waals surface area contributed by atoms with Crippen LogP contribution in [0.3, 0.4) is 0 Å². The van der Waals surface area contributed by atoms with Gasteiger partial charge in [0.1, 0.15) is 0 Å². The van der Waals surface area contributed by atoms with Crippen LogP contribution in [0.25, 0.3) is 6.08 Å². The second kappa shape index (κ2) is 20.4. The van der Waals surface area contributed by atoms with Crippen molar-refractivity contribution >= 4 is 121 Å². The van der Waals surface area contributed by atoms with E-state index in [2.05, 4.69) is 37.8 Å². The number of aryl methyl sites for hydroxylation is 2. The molecular weight excluding hydrogens is 924 g/mol. The van der Waals surface area contributed by atoms with E-state index in [1.54, 1.807) is 53.3 Å². The van der Waals surface area contributed by atoms with Crippen molar-refractivity contribution in [1.29, 1.82) is 0 Å². The molecular formula is C43H44Cl2N8O6S4. The van der Waals surface area contributed by atoms with Gasteiger partial charge in [0.05, 0.1) is 30.4 Å². The van der Waals surface area contributed by atoms with Crippen molar-refractivity contribution < 1.29 is 28.8 Å². The summed E-state index contributed by atoms with van der Waals surface area (Å²) in [7, 11) is 0. The molecule has 14 nitrogen and oxygen atoms in total. The minimum absolute atomic E-state index is 0.0231. The summed E-state index contributed by atoms with van der Waals surface area (Å²) < 4.78 is 1.44. The Morgan fingerprint density at radius 2 is 1.46 bits per heavy atom. The highest BCUT2D eigenvalue weighted by atomic mass is 35.5. The highest BCUT2D eigenvalue weighted by molar-refractivity contribution is 8.01. The maximum atomic E-state index is 13.8. The van der Waals surface area contributed by atoms with Crippen LogP contribution >= 0.6 is 69.4 Å². The van der Waals surface area contributed by atoms with Crippen molar-refractivity contribution in [3.63, 3.8) is 0 Å². The number of nitrogens with one attached hydrogen (secondary N) is 4. The molecule has 4 aromatic rings. The summed E-state index contributed by atoms with van der Waals surface area (Å²) in [6.45, 7) is 10.5. The van der Waals surface area contributed by atoms with E-state index in [1.165, 1.54) is 58.3 Å². The Morgan fingerprint density at radius 1 is 0.841 bits per heavy atom. The van der Waals surface area contributed by atoms with E-state index in [9.17, 15) is 28.8 Å². The number of amides is 6. The molecule has 0 radical (unpaired) electrons. The van der Waals surface area contributed by atoms with Gasteiger partial charge in [-0.25, -0.2) is 9.97 Å². The van der Waals surface area contributed by atoms with Crippen LogP contribution in [0.5, 0.6) is 0 Å². The van der Waals surface area contributed by atoms with Crippen LogP contribution in [0.2, 0.25) is 10.0 Å². The van der Waals surface area contributed by atoms with Crippen molar-refractivity contribution in [2.45, 2.75) is 70.7 Å². The Morgan fingerprint density at radius 3 is 2.11 bits per heavy atom. The summed E-state index contributed by atoms with van der Waals surface area (Å²) in [5.74, 6) is -1.24. The van der Waals surface area contributed by atoms with Crippen molar-refractivity contribution in [2.75, 3.05) is 43.4 Å². The average Bonchev–Trinajstić information content (AvgIpc) is 4.19. The minimum atomic E-state index is -0.430. The second-order valence-electron chi connectivity index (χ2n) is 15.3. The molecule has 0 unspecified atom stereocenters. The monoisotopic (exact) mass is 966 g/mol. The minimum Gasteiger partial charge on any atom is -0.351 e. The highest BCUT2D eigenvalue weighted by Crippen LogP contribution is 2.43. The molecule has 3 heterocycles. The maximum Gasteiger partial charge on any atom is 0.254 e. The van der Waals surface area contributed by atoms with Crippen molar-refractivity contribution in [3.05, 3.63) is 87.2 Å². The maximum absolute atomic E-state index is 13.8. The fourth-order valence-electron chi connectivity index (χ4n) is 6.59. The molecule has 2 saturated carbocycles. The third-order valence-electron chi connectivity index (χ3n) is 10.4. The topological polar surface area (TPSA) is 183 Å². The first kappa shape index (κ1) is 46.3. The molecule has 2 aromatic carbocycles. The van der Waals surface area contributed by atoms with Crippen molar-refractivity contribution in [2.24, 2.45) is 11.8 Å². The van der Waals surface area contributed by atoms with Gasteiger partial charge in [0.2, 0.25) is 23.6 Å². The van der Waals surface area contributed by atoms with Crippen LogP contribution in [0.4, 0.5) is 10.3 Å². The molecule has 1 aliphatic heterocycles. The molecule has 3 aliphatic rings. The molecule has 330 valence electrons. The van der Waals surface area contributed by atoms with Gasteiger partial charge < -0.3 is 31.1 Å². The summed E-state index contributed by atoms with van der Waals surface area (Å²) in [6.07, 6.45) is 9.23. The van der Waals surface area contributed by atoms with E-state index in [0.29, 0.717) is 81.9 Å². The molecule has 1 saturated heterocycles. The Balaban J connectivity index is 0.969. The first-order valence-corrected chi connectivity index (χ1v) is 24.2. The smallest absolute Gasteiger partial charge is 0.254 e. The van der Waals surface area contributed by atoms with Gasteiger partial charge in [-0.3, -0.25) is 28.8 Å². The lowest BCUT2D eigenvalue weighted by atomic mass is 10.1. The Kier molecular flexibility index (Phi) is 15.0. The van der Waals surface area contributed by atoms with Gasteiger partial charge >= 0.3 is 0 Å². The van der Waals surface area contributed by atoms with Crippen LogP contribution in [0.1, 0.15) is 70.1 Å². The number of carbonyl (C=O) groups excluding carboxylic acids is 6. The first-order valence-electron chi connectivity index (χ1n) is 20.2. The van der Waals surface area contributed by atoms with E-state index in [4.69, 9.17) is 23.2 Å². The fourth-order valence-corrected chi connectivity index (χ4v) is 11.3. The van der Waals surface area contributed by atoms with Crippen LogP contribution in [0, 0.1) is 25.7 Å². The number of carbonyl (C=O) groups is 6. The SMILES string of the molecule is C=CC(=O)N1CCN(C(=O)c2cc(Sc3sc(NC(=O)C4CC4)nc3C=CC(=O)NCCNC(=O)c3cc(Sc4cnc(NC(=O)C5CC5)s4)c(Cl)cc3C)c(Cl)cc2C)C[C@H]1C. The molecule has 7 rings (SSSR count). The van der Waals surface area contributed by atoms with Crippen molar-refractivity contribution in [3.8, 4) is 0 Å². The second-order valence-corrected chi connectivity index (χ2v) is 20.8. The number of anilines is 2. The van der Waals surface area contributed by atoms with E-state index >= 15 is 0 Å². The molecule has 0 bridgehead atoms. The van der Waals surface area contributed by atoms with Gasteiger partial charge in [0.15, 0.2) is 10.3 Å². The third-order valence-corrected chi connectivity index (χ3v) is 15.5. The largest absolute Gasteiger partial charge is 0.351 e. The first-order chi connectivity index (χ1) is 30.2. The lowest BCUT2D eigenvalue weighted by Gasteiger charge is -2.39. The van der Waals surface area contributed by atoms with Crippen LogP contribution in [-0.2, 0) is 19.2 Å². The van der Waals surface area contributed by atoms with Gasteiger partial charge in [0.25, 0.3) is 11.8 Å². The van der Waals surface area contributed by atoms with Crippen LogP contribution < -0.4 is 21.3 Å². The number of halogens is 2. The Labute approximate surface area is 391 Å². The van der Waals surface area contributed by atoms with Crippen LogP contribution in [0.15, 0.2) is 67.4 Å². The third kappa shape index (κ3) is 11.9. The molecule has 3 fully saturated rings. The number of aromatic nitrogens is 2. The zero-order valence-electron chi connectivity index (χ0n) is 34.5. The normalized spacial score (nSPS) is 16.2. The van der Waals surface area contributed by atoms with Crippen LogP contribution in [-0.4, -0.2) is 94.0 Å². The predicted molar refractivity (Wildman–Crippen MR) is 249 cm³/mol. The van der Waals surface area contributed by atoms with Gasteiger partial charge in [0, 0.05) is 77.6 Å². The zero-order valence-corrected chi connectivity index (χ0v) is 39.3. The lowest BCUT2D eigenvalue weighted by Crippen LogP contribution is -2.55. The summed E-state index contributed by atoms with van der Waals surface area (Å²) in [6, 6.07) is 6.73. The number of nitrogens with zero attached hydrogens (tertiary/aromatic N) is 4. The Hall–Kier alpha value is -4.72. The molecule has 2 aliphatic carbocycles. The van der Waals surface area contributed by atoms with Gasteiger partial charge in [-0.2, -0.15) is 0 Å². The summed E-state index contributed by atoms with van der Waals surface area (Å²) >= 11 is 18.5. The summed E-state index contributed by atoms with van der Waals surface area (Å²) in [5.41, 5.74) is 2.70. The highest BCUT2D eigenvalue weighted by Gasteiger charge is 2.32. The van der Waals surface area contributed by atoms with Gasteiger partial charge in [-0.15, -0.1) is 0 Å². The number of rotatable bonds is 16. The molecule has 4 N–H and O–H groups in total. The standard InChI is InChI=1S/C43H44Cl2N8O6S4/c1-5-35(55)53-15-14-52(21-24(53)4)40(59)28-19-33(30(45)17-23(28)3)61-41-31(49-43(63-41)51-38(57)26-8-9-26)10-11-34(54)46-12-13-47-39(58)27-18-32(29(44)16-22(27)2)60-36-20-48-42(62-36)50-37(56)25-6-7-25/h5,10-11,16-20,24-26H,1,6-9,12-15,21H2,2-4H3,(H,46,54)(H,47,58)(H,48,50,56)(H,49,51,57)/t24-/m1/s1. The van der Waals surface area contributed by atoms with Gasteiger partial charge in [-0.05, 0) is 94.0 Å². The lowest BCUT2D eigenvalue weighted by molar-refractivity contribution is -0.130. The predicted octanol–water partition coefficient (Wildman–Crippen LogP) is 7.94. The van der Waals surface area contributed by atoms with Gasteiger partial charge in [-0.1, -0.05) is 76.0 Å². The Bertz CT molecular complexity index is 2520. The number of piperazine rings is 1. The fraction of sp³-hybridized carbons (Fsp3) is 0.349.